The molecular formula is C16H30N2O. The fourth-order valence-electron chi connectivity index (χ4n) is 2.53. The number of ether oxygens (including phenoxy) is 1. The van der Waals surface area contributed by atoms with Crippen molar-refractivity contribution in [1.29, 1.82) is 5.26 Å². The van der Waals surface area contributed by atoms with Crippen LogP contribution >= 0.6 is 0 Å². The molecule has 1 fully saturated rings. The summed E-state index contributed by atoms with van der Waals surface area (Å²) in [6, 6.07) is 3.07. The van der Waals surface area contributed by atoms with Crippen molar-refractivity contribution in [1.82, 2.24) is 5.32 Å². The van der Waals surface area contributed by atoms with Crippen LogP contribution in [0.1, 0.15) is 66.2 Å². The van der Waals surface area contributed by atoms with Gasteiger partial charge in [0.2, 0.25) is 0 Å². The molecule has 0 saturated heterocycles. The van der Waals surface area contributed by atoms with Crippen molar-refractivity contribution >= 4 is 0 Å². The van der Waals surface area contributed by atoms with Gasteiger partial charge in [-0.2, -0.15) is 5.26 Å². The van der Waals surface area contributed by atoms with E-state index in [9.17, 15) is 5.26 Å². The highest BCUT2D eigenvalue weighted by Crippen LogP contribution is 2.26. The SMILES string of the molecule is CCC(C#N)(CCCOC(C)CC(C)C)NC1CC1. The van der Waals surface area contributed by atoms with E-state index in [1.807, 2.05) is 0 Å². The second kappa shape index (κ2) is 7.87. The molecule has 3 nitrogen and oxygen atoms in total. The Hall–Kier alpha value is -0.590. The second-order valence-corrected chi connectivity index (χ2v) is 6.38. The first-order valence-electron chi connectivity index (χ1n) is 7.82. The summed E-state index contributed by atoms with van der Waals surface area (Å²) in [4.78, 5) is 0. The summed E-state index contributed by atoms with van der Waals surface area (Å²) < 4.78 is 5.82. The molecule has 1 N–H and O–H groups in total. The maximum atomic E-state index is 9.43. The van der Waals surface area contributed by atoms with Crippen molar-refractivity contribution in [2.24, 2.45) is 5.92 Å². The maximum Gasteiger partial charge on any atom is 0.106 e. The zero-order chi connectivity index (χ0) is 14.3. The molecule has 2 atom stereocenters. The first kappa shape index (κ1) is 16.5. The van der Waals surface area contributed by atoms with Crippen LogP contribution in [0.2, 0.25) is 0 Å². The lowest BCUT2D eigenvalue weighted by Gasteiger charge is -2.27. The van der Waals surface area contributed by atoms with Gasteiger partial charge < -0.3 is 4.74 Å². The van der Waals surface area contributed by atoms with E-state index in [0.717, 1.165) is 32.3 Å². The molecule has 0 amide bonds. The zero-order valence-corrected chi connectivity index (χ0v) is 13.0. The van der Waals surface area contributed by atoms with E-state index in [0.29, 0.717) is 18.1 Å². The molecule has 0 aliphatic heterocycles. The Balaban J connectivity index is 2.23. The lowest BCUT2D eigenvalue weighted by atomic mass is 9.92. The fourth-order valence-corrected chi connectivity index (χ4v) is 2.53. The smallest absolute Gasteiger partial charge is 0.106 e. The monoisotopic (exact) mass is 266 g/mol. The number of nitrogens with zero attached hydrogens (tertiary/aromatic N) is 1. The van der Waals surface area contributed by atoms with Crippen molar-refractivity contribution in [3.05, 3.63) is 0 Å². The Labute approximate surface area is 118 Å². The summed E-state index contributed by atoms with van der Waals surface area (Å²) in [6.45, 7) is 9.44. The molecule has 0 heterocycles. The molecule has 0 aromatic rings. The summed E-state index contributed by atoms with van der Waals surface area (Å²) in [5.74, 6) is 0.681. The number of hydrogen-bond donors (Lipinski definition) is 1. The highest BCUT2D eigenvalue weighted by Gasteiger charge is 2.34. The van der Waals surface area contributed by atoms with Crippen LogP contribution in [0.4, 0.5) is 0 Å². The molecule has 0 aromatic heterocycles. The topological polar surface area (TPSA) is 45.0 Å². The van der Waals surface area contributed by atoms with E-state index in [1.54, 1.807) is 0 Å². The van der Waals surface area contributed by atoms with Gasteiger partial charge in [-0.25, -0.2) is 0 Å². The van der Waals surface area contributed by atoms with Crippen LogP contribution in [-0.4, -0.2) is 24.3 Å². The summed E-state index contributed by atoms with van der Waals surface area (Å²) in [6.07, 6.45) is 6.62. The van der Waals surface area contributed by atoms with Crippen molar-refractivity contribution < 1.29 is 4.74 Å². The van der Waals surface area contributed by atoms with Gasteiger partial charge in [0, 0.05) is 12.6 Å². The molecule has 1 rings (SSSR count). The van der Waals surface area contributed by atoms with E-state index in [-0.39, 0.29) is 5.54 Å². The van der Waals surface area contributed by atoms with Gasteiger partial charge in [0.1, 0.15) is 5.54 Å². The summed E-state index contributed by atoms with van der Waals surface area (Å²) in [5, 5.41) is 12.9. The molecule has 0 bridgehead atoms. The van der Waals surface area contributed by atoms with Gasteiger partial charge in [-0.15, -0.1) is 0 Å². The highest BCUT2D eigenvalue weighted by atomic mass is 16.5. The molecule has 0 spiro atoms. The average molecular weight is 266 g/mol. The second-order valence-electron chi connectivity index (χ2n) is 6.38. The Morgan fingerprint density at radius 3 is 2.53 bits per heavy atom. The van der Waals surface area contributed by atoms with Gasteiger partial charge in [0.25, 0.3) is 0 Å². The van der Waals surface area contributed by atoms with Crippen LogP contribution in [0.3, 0.4) is 0 Å². The van der Waals surface area contributed by atoms with Crippen LogP contribution in [-0.2, 0) is 4.74 Å². The van der Waals surface area contributed by atoms with Gasteiger partial charge >= 0.3 is 0 Å². The summed E-state index contributed by atoms with van der Waals surface area (Å²) >= 11 is 0. The van der Waals surface area contributed by atoms with Gasteiger partial charge in [-0.1, -0.05) is 20.8 Å². The van der Waals surface area contributed by atoms with Crippen molar-refractivity contribution in [3.63, 3.8) is 0 Å². The normalized spacial score (nSPS) is 20.0. The molecular weight excluding hydrogens is 236 g/mol. The number of hydrogen-bond acceptors (Lipinski definition) is 3. The quantitative estimate of drug-likeness (QED) is 0.614. The predicted molar refractivity (Wildman–Crippen MR) is 78.9 cm³/mol. The standard InChI is InChI=1S/C16H30N2O/c1-5-16(12-17,18-15-7-8-15)9-6-10-19-14(4)11-13(2)3/h13-15,18H,5-11H2,1-4H3. The minimum absolute atomic E-state index is 0.328. The van der Waals surface area contributed by atoms with Gasteiger partial charge in [-0.3, -0.25) is 5.32 Å². The molecule has 1 aliphatic rings. The summed E-state index contributed by atoms with van der Waals surface area (Å²) in [7, 11) is 0. The zero-order valence-electron chi connectivity index (χ0n) is 13.0. The fraction of sp³-hybridized carbons (Fsp3) is 0.938. The molecule has 1 aliphatic carbocycles. The Morgan fingerprint density at radius 1 is 1.37 bits per heavy atom. The van der Waals surface area contributed by atoms with Crippen molar-refractivity contribution in [2.45, 2.75) is 83.9 Å². The van der Waals surface area contributed by atoms with Gasteiger partial charge in [0.05, 0.1) is 12.2 Å². The minimum atomic E-state index is -0.328. The molecule has 3 heteroatoms. The van der Waals surface area contributed by atoms with E-state index < -0.39 is 0 Å². The molecule has 2 unspecified atom stereocenters. The van der Waals surface area contributed by atoms with E-state index in [4.69, 9.17) is 4.74 Å². The Morgan fingerprint density at radius 2 is 2.05 bits per heavy atom. The Bertz CT molecular complexity index is 294. The maximum absolute atomic E-state index is 9.43. The molecule has 0 aromatic carbocycles. The van der Waals surface area contributed by atoms with E-state index >= 15 is 0 Å². The van der Waals surface area contributed by atoms with Crippen LogP contribution < -0.4 is 5.32 Å². The van der Waals surface area contributed by atoms with Crippen molar-refractivity contribution in [3.8, 4) is 6.07 Å². The van der Waals surface area contributed by atoms with Gasteiger partial charge in [-0.05, 0) is 51.4 Å². The molecule has 110 valence electrons. The van der Waals surface area contributed by atoms with Crippen LogP contribution in [0.25, 0.3) is 0 Å². The lowest BCUT2D eigenvalue weighted by Crippen LogP contribution is -2.44. The third-order valence-corrected chi connectivity index (χ3v) is 3.83. The molecule has 19 heavy (non-hydrogen) atoms. The number of nitriles is 1. The van der Waals surface area contributed by atoms with Crippen LogP contribution in [0, 0.1) is 17.2 Å². The molecule has 0 radical (unpaired) electrons. The average Bonchev–Trinajstić information content (AvgIpc) is 3.16. The van der Waals surface area contributed by atoms with Gasteiger partial charge in [0.15, 0.2) is 0 Å². The largest absolute Gasteiger partial charge is 0.378 e. The lowest BCUT2D eigenvalue weighted by molar-refractivity contribution is 0.0470. The third-order valence-electron chi connectivity index (χ3n) is 3.83. The number of rotatable bonds is 10. The third kappa shape index (κ3) is 6.40. The van der Waals surface area contributed by atoms with E-state index in [2.05, 4.69) is 39.1 Å². The van der Waals surface area contributed by atoms with Crippen molar-refractivity contribution in [2.75, 3.05) is 6.61 Å². The first-order valence-corrected chi connectivity index (χ1v) is 7.82. The minimum Gasteiger partial charge on any atom is -0.378 e. The Kier molecular flexibility index (Phi) is 6.82. The number of nitrogens with one attached hydrogen (secondary N) is 1. The predicted octanol–water partition coefficient (Wildman–Crippen LogP) is 3.64. The van der Waals surface area contributed by atoms with Crippen LogP contribution in [0.15, 0.2) is 0 Å². The highest BCUT2D eigenvalue weighted by molar-refractivity contribution is 5.09. The first-order chi connectivity index (χ1) is 9.01. The van der Waals surface area contributed by atoms with E-state index in [1.165, 1.54) is 12.8 Å². The summed E-state index contributed by atoms with van der Waals surface area (Å²) in [5.41, 5.74) is -0.328. The van der Waals surface area contributed by atoms with Crippen LogP contribution in [0.5, 0.6) is 0 Å². The molecule has 1 saturated carbocycles.